The van der Waals surface area contributed by atoms with Crippen molar-refractivity contribution < 1.29 is 14.3 Å². The maximum Gasteiger partial charge on any atom is 0.223 e. The first kappa shape index (κ1) is 10.7. The molecule has 1 aliphatic carbocycles. The molecule has 3 heteroatoms. The van der Waals surface area contributed by atoms with E-state index < -0.39 is 0 Å². The summed E-state index contributed by atoms with van der Waals surface area (Å²) < 4.78 is 4.99. The average Bonchev–Trinajstić information content (AvgIpc) is 2.09. The van der Waals surface area contributed by atoms with E-state index in [-0.39, 0.29) is 23.2 Å². The van der Waals surface area contributed by atoms with Gasteiger partial charge in [0.25, 0.3) is 0 Å². The number of hydrogen-bond acceptors (Lipinski definition) is 3. The molecule has 0 N–H and O–H groups in total. The molecule has 0 saturated heterocycles. The van der Waals surface area contributed by atoms with Crippen LogP contribution in [0.4, 0.5) is 0 Å². The van der Waals surface area contributed by atoms with E-state index in [0.717, 1.165) is 0 Å². The van der Waals surface area contributed by atoms with Gasteiger partial charge in [-0.15, -0.1) is 0 Å². The lowest BCUT2D eigenvalue weighted by atomic mass is 9.89. The Balaban J connectivity index is 3.26. The molecule has 0 amide bonds. The van der Waals surface area contributed by atoms with Crippen molar-refractivity contribution in [2.24, 2.45) is 5.92 Å². The van der Waals surface area contributed by atoms with Crippen molar-refractivity contribution in [2.75, 3.05) is 7.11 Å². The van der Waals surface area contributed by atoms with Crippen LogP contribution in [0.25, 0.3) is 0 Å². The summed E-state index contributed by atoms with van der Waals surface area (Å²) >= 11 is 0. The van der Waals surface area contributed by atoms with Gasteiger partial charge in [0.15, 0.2) is 11.5 Å². The molecule has 0 heterocycles. The Bertz CT molecular complexity index is 346. The van der Waals surface area contributed by atoms with Crippen LogP contribution in [-0.4, -0.2) is 18.7 Å². The predicted molar refractivity (Wildman–Crippen MR) is 52.6 cm³/mol. The minimum atomic E-state index is -0.184. The summed E-state index contributed by atoms with van der Waals surface area (Å²) in [5, 5.41) is 0. The second-order valence-electron chi connectivity index (χ2n) is 3.62. The van der Waals surface area contributed by atoms with Crippen LogP contribution >= 0.6 is 0 Å². The molecule has 0 spiro atoms. The number of carbonyl (C=O) groups is 2. The van der Waals surface area contributed by atoms with Gasteiger partial charge in [0.05, 0.1) is 7.11 Å². The van der Waals surface area contributed by atoms with Gasteiger partial charge in [-0.05, 0) is 18.9 Å². The molecule has 0 aromatic carbocycles. The van der Waals surface area contributed by atoms with Crippen molar-refractivity contribution >= 4 is 11.6 Å². The Morgan fingerprint density at radius 2 is 1.86 bits per heavy atom. The fourth-order valence-electron chi connectivity index (χ4n) is 1.50. The summed E-state index contributed by atoms with van der Waals surface area (Å²) in [6.45, 7) is 5.36. The summed E-state index contributed by atoms with van der Waals surface area (Å²) in [6.07, 6.45) is 1.38. The molecule has 0 aliphatic heterocycles. The topological polar surface area (TPSA) is 43.4 Å². The van der Waals surface area contributed by atoms with Gasteiger partial charge in [-0.3, -0.25) is 9.59 Å². The van der Waals surface area contributed by atoms with Crippen molar-refractivity contribution in [1.82, 2.24) is 0 Å². The van der Waals surface area contributed by atoms with Gasteiger partial charge in [-0.25, -0.2) is 0 Å². The van der Waals surface area contributed by atoms with Crippen molar-refractivity contribution in [3.8, 4) is 0 Å². The Kier molecular flexibility index (Phi) is 2.89. The third-order valence-corrected chi connectivity index (χ3v) is 2.20. The molecule has 14 heavy (non-hydrogen) atoms. The number of allylic oxidation sites excluding steroid dienone is 3. The number of ether oxygens (including phenoxy) is 1. The van der Waals surface area contributed by atoms with Gasteiger partial charge in [0, 0.05) is 11.1 Å². The molecule has 0 radical (unpaired) electrons. The van der Waals surface area contributed by atoms with Gasteiger partial charge in [-0.2, -0.15) is 0 Å². The van der Waals surface area contributed by atoms with E-state index in [1.54, 1.807) is 6.92 Å². The third-order valence-electron chi connectivity index (χ3n) is 2.20. The van der Waals surface area contributed by atoms with Crippen LogP contribution in [0.1, 0.15) is 20.8 Å². The smallest absolute Gasteiger partial charge is 0.223 e. The highest BCUT2D eigenvalue weighted by atomic mass is 16.5. The molecule has 0 unspecified atom stereocenters. The van der Waals surface area contributed by atoms with Crippen LogP contribution in [0, 0.1) is 5.92 Å². The van der Waals surface area contributed by atoms with Crippen LogP contribution in [-0.2, 0) is 14.3 Å². The summed E-state index contributed by atoms with van der Waals surface area (Å²) in [6, 6.07) is 0. The summed E-state index contributed by atoms with van der Waals surface area (Å²) in [7, 11) is 1.42. The van der Waals surface area contributed by atoms with E-state index in [0.29, 0.717) is 11.1 Å². The summed E-state index contributed by atoms with van der Waals surface area (Å²) in [4.78, 5) is 23.2. The van der Waals surface area contributed by atoms with Crippen LogP contribution in [0.5, 0.6) is 0 Å². The van der Waals surface area contributed by atoms with Crippen molar-refractivity contribution in [2.45, 2.75) is 20.8 Å². The Morgan fingerprint density at radius 1 is 1.29 bits per heavy atom. The second-order valence-corrected chi connectivity index (χ2v) is 3.62. The molecular weight excluding hydrogens is 180 g/mol. The lowest BCUT2D eigenvalue weighted by molar-refractivity contribution is -0.118. The van der Waals surface area contributed by atoms with E-state index >= 15 is 0 Å². The van der Waals surface area contributed by atoms with Gasteiger partial charge in [0.2, 0.25) is 5.78 Å². The lowest BCUT2D eigenvalue weighted by Crippen LogP contribution is -2.22. The SMILES string of the molecule is COC1=C(C(C)C)C(=O)C=C(C)C1=O. The highest BCUT2D eigenvalue weighted by Gasteiger charge is 2.28. The predicted octanol–water partition coefficient (Wildman–Crippen LogP) is 1.64. The van der Waals surface area contributed by atoms with E-state index in [2.05, 4.69) is 0 Å². The third kappa shape index (κ3) is 1.62. The largest absolute Gasteiger partial charge is 0.492 e. The minimum Gasteiger partial charge on any atom is -0.492 e. The Morgan fingerprint density at radius 3 is 2.29 bits per heavy atom. The Labute approximate surface area is 83.4 Å². The second kappa shape index (κ2) is 3.78. The number of Topliss-reactive ketones (excluding diaryl/α,β-unsaturated/α-hetero) is 1. The normalized spacial score (nSPS) is 17.6. The number of rotatable bonds is 2. The zero-order chi connectivity index (χ0) is 10.9. The monoisotopic (exact) mass is 194 g/mol. The van der Waals surface area contributed by atoms with Gasteiger partial charge < -0.3 is 4.74 Å². The van der Waals surface area contributed by atoms with E-state index in [4.69, 9.17) is 4.74 Å². The molecule has 0 aromatic heterocycles. The molecule has 0 saturated carbocycles. The Hall–Kier alpha value is -1.38. The highest BCUT2D eigenvalue weighted by Crippen LogP contribution is 2.24. The van der Waals surface area contributed by atoms with Crippen LogP contribution in [0.15, 0.2) is 23.0 Å². The van der Waals surface area contributed by atoms with Crippen molar-refractivity contribution in [3.63, 3.8) is 0 Å². The van der Waals surface area contributed by atoms with Crippen LogP contribution < -0.4 is 0 Å². The molecule has 0 bridgehead atoms. The maximum absolute atomic E-state index is 11.6. The molecule has 0 aromatic rings. The molecule has 0 fully saturated rings. The standard InChI is InChI=1S/C11H14O3/c1-6(2)9-8(12)5-7(3)10(13)11(9)14-4/h5-6H,1-4H3. The molecule has 1 aliphatic rings. The number of methoxy groups -OCH3 is 1. The fourth-order valence-corrected chi connectivity index (χ4v) is 1.50. The quantitative estimate of drug-likeness (QED) is 0.628. The first-order valence-electron chi connectivity index (χ1n) is 4.54. The van der Waals surface area contributed by atoms with E-state index in [1.807, 2.05) is 13.8 Å². The zero-order valence-electron chi connectivity index (χ0n) is 8.88. The highest BCUT2D eigenvalue weighted by molar-refractivity contribution is 6.21. The lowest BCUT2D eigenvalue weighted by Gasteiger charge is -2.18. The fraction of sp³-hybridized carbons (Fsp3) is 0.455. The summed E-state index contributed by atoms with van der Waals surface area (Å²) in [5.41, 5.74) is 0.916. The molecule has 0 atom stereocenters. The minimum absolute atomic E-state index is 0.00532. The molecular formula is C11H14O3. The zero-order valence-corrected chi connectivity index (χ0v) is 8.88. The molecule has 1 rings (SSSR count). The maximum atomic E-state index is 11.6. The van der Waals surface area contributed by atoms with Crippen molar-refractivity contribution in [1.29, 1.82) is 0 Å². The first-order valence-corrected chi connectivity index (χ1v) is 4.54. The van der Waals surface area contributed by atoms with E-state index in [1.165, 1.54) is 13.2 Å². The number of carbonyl (C=O) groups excluding carboxylic acids is 2. The number of hydrogen-bond donors (Lipinski definition) is 0. The van der Waals surface area contributed by atoms with Gasteiger partial charge in [-0.1, -0.05) is 13.8 Å². The average molecular weight is 194 g/mol. The van der Waals surface area contributed by atoms with E-state index in [9.17, 15) is 9.59 Å². The summed E-state index contributed by atoms with van der Waals surface area (Å²) in [5.74, 6) is -0.0968. The van der Waals surface area contributed by atoms with Crippen LogP contribution in [0.3, 0.4) is 0 Å². The molecule has 76 valence electrons. The number of ketones is 2. The van der Waals surface area contributed by atoms with Gasteiger partial charge in [0.1, 0.15) is 0 Å². The van der Waals surface area contributed by atoms with Crippen molar-refractivity contribution in [3.05, 3.63) is 23.0 Å². The van der Waals surface area contributed by atoms with Gasteiger partial charge >= 0.3 is 0 Å². The first-order chi connectivity index (χ1) is 6.49. The van der Waals surface area contributed by atoms with Crippen LogP contribution in [0.2, 0.25) is 0 Å². The molecule has 3 nitrogen and oxygen atoms in total.